The summed E-state index contributed by atoms with van der Waals surface area (Å²) in [5.74, 6) is -0.450. The van der Waals surface area contributed by atoms with E-state index in [1.54, 1.807) is 24.3 Å². The van der Waals surface area contributed by atoms with Crippen LogP contribution < -0.4 is 4.74 Å². The minimum Gasteiger partial charge on any atom is -0.494 e. The fourth-order valence-corrected chi connectivity index (χ4v) is 2.69. The fourth-order valence-electron chi connectivity index (χ4n) is 1.86. The highest BCUT2D eigenvalue weighted by atomic mass is 32.1. The summed E-state index contributed by atoms with van der Waals surface area (Å²) in [6.45, 7) is 4.47. The molecule has 0 radical (unpaired) electrons. The number of aryl methyl sites for hydroxylation is 1. The van der Waals surface area contributed by atoms with E-state index in [-0.39, 0.29) is 5.78 Å². The first-order chi connectivity index (χ1) is 10.2. The third-order valence-electron chi connectivity index (χ3n) is 2.87. The van der Waals surface area contributed by atoms with Crippen molar-refractivity contribution in [2.45, 2.75) is 26.2 Å². The molecular formula is C16H16N2O2S. The van der Waals surface area contributed by atoms with Gasteiger partial charge in [-0.1, -0.05) is 19.1 Å². The number of ether oxygens (including phenoxy) is 1. The zero-order valence-electron chi connectivity index (χ0n) is 12.0. The standard InChI is InChI=1S/C16H16N2O2S/c1-3-7-20-13-6-4-5-12(8-13)15(19)14(9-17)16-18-11(2)10-21-16/h4-6,8,10,14H,3,7H2,1-2H3. The van der Waals surface area contributed by atoms with Crippen molar-refractivity contribution in [1.29, 1.82) is 5.26 Å². The Balaban J connectivity index is 2.24. The van der Waals surface area contributed by atoms with Crippen molar-refractivity contribution in [1.82, 2.24) is 4.98 Å². The van der Waals surface area contributed by atoms with Crippen molar-refractivity contribution in [3.8, 4) is 11.8 Å². The summed E-state index contributed by atoms with van der Waals surface area (Å²) < 4.78 is 5.52. The summed E-state index contributed by atoms with van der Waals surface area (Å²) in [6.07, 6.45) is 0.900. The summed E-state index contributed by atoms with van der Waals surface area (Å²) in [5.41, 5.74) is 1.30. The molecule has 1 heterocycles. The molecule has 1 aromatic carbocycles. The maximum absolute atomic E-state index is 12.5. The molecule has 0 saturated heterocycles. The fraction of sp³-hybridized carbons (Fsp3) is 0.312. The van der Waals surface area contributed by atoms with Crippen LogP contribution in [0, 0.1) is 18.3 Å². The van der Waals surface area contributed by atoms with Crippen LogP contribution in [0.15, 0.2) is 29.6 Å². The number of carbonyl (C=O) groups is 1. The van der Waals surface area contributed by atoms with Crippen LogP contribution in [-0.2, 0) is 0 Å². The zero-order valence-corrected chi connectivity index (χ0v) is 12.8. The van der Waals surface area contributed by atoms with E-state index in [2.05, 4.69) is 11.1 Å². The predicted molar refractivity (Wildman–Crippen MR) is 81.8 cm³/mol. The molecule has 4 nitrogen and oxygen atoms in total. The van der Waals surface area contributed by atoms with Gasteiger partial charge in [-0.15, -0.1) is 11.3 Å². The lowest BCUT2D eigenvalue weighted by atomic mass is 9.99. The van der Waals surface area contributed by atoms with E-state index >= 15 is 0 Å². The summed E-state index contributed by atoms with van der Waals surface area (Å²) in [7, 11) is 0. The average Bonchev–Trinajstić information content (AvgIpc) is 2.92. The van der Waals surface area contributed by atoms with Gasteiger partial charge in [-0.2, -0.15) is 5.26 Å². The van der Waals surface area contributed by atoms with Crippen LogP contribution in [0.2, 0.25) is 0 Å². The number of hydrogen-bond donors (Lipinski definition) is 0. The lowest BCUT2D eigenvalue weighted by molar-refractivity contribution is 0.0978. The lowest BCUT2D eigenvalue weighted by Gasteiger charge is -2.08. The van der Waals surface area contributed by atoms with Crippen LogP contribution in [0.3, 0.4) is 0 Å². The zero-order chi connectivity index (χ0) is 15.2. The second-order valence-electron chi connectivity index (χ2n) is 4.63. The third kappa shape index (κ3) is 3.67. The molecular weight excluding hydrogens is 284 g/mol. The van der Waals surface area contributed by atoms with E-state index in [4.69, 9.17) is 4.74 Å². The number of ketones is 1. The van der Waals surface area contributed by atoms with Crippen LogP contribution in [0.4, 0.5) is 0 Å². The van der Waals surface area contributed by atoms with Crippen LogP contribution in [0.25, 0.3) is 0 Å². The van der Waals surface area contributed by atoms with Crippen molar-refractivity contribution in [2.75, 3.05) is 6.61 Å². The number of thiazole rings is 1. The Hall–Kier alpha value is -2.19. The number of nitriles is 1. The second-order valence-corrected chi connectivity index (χ2v) is 5.52. The lowest BCUT2D eigenvalue weighted by Crippen LogP contribution is -2.11. The van der Waals surface area contributed by atoms with Gasteiger partial charge in [0, 0.05) is 16.6 Å². The highest BCUT2D eigenvalue weighted by Crippen LogP contribution is 2.25. The minimum absolute atomic E-state index is 0.242. The van der Waals surface area contributed by atoms with E-state index in [0.29, 0.717) is 22.9 Å². The van der Waals surface area contributed by atoms with Crippen molar-refractivity contribution < 1.29 is 9.53 Å². The molecule has 108 valence electrons. The van der Waals surface area contributed by atoms with Crippen molar-refractivity contribution in [3.05, 3.63) is 45.9 Å². The molecule has 2 aromatic rings. The first-order valence-corrected chi connectivity index (χ1v) is 7.62. The van der Waals surface area contributed by atoms with Gasteiger partial charge >= 0.3 is 0 Å². The molecule has 0 aliphatic carbocycles. The van der Waals surface area contributed by atoms with Gasteiger partial charge in [-0.25, -0.2) is 4.98 Å². The molecule has 0 bridgehead atoms. The Kier molecular flexibility index (Phi) is 5.07. The Morgan fingerprint density at radius 3 is 2.95 bits per heavy atom. The highest BCUT2D eigenvalue weighted by Gasteiger charge is 2.24. The third-order valence-corrected chi connectivity index (χ3v) is 3.89. The molecule has 1 atom stereocenters. The smallest absolute Gasteiger partial charge is 0.187 e. The largest absolute Gasteiger partial charge is 0.494 e. The Labute approximate surface area is 128 Å². The minimum atomic E-state index is -0.856. The van der Waals surface area contributed by atoms with E-state index in [0.717, 1.165) is 12.1 Å². The monoisotopic (exact) mass is 300 g/mol. The molecule has 5 heteroatoms. The molecule has 0 spiro atoms. The maximum atomic E-state index is 12.5. The van der Waals surface area contributed by atoms with Gasteiger partial charge in [-0.05, 0) is 25.5 Å². The topological polar surface area (TPSA) is 63.0 Å². The van der Waals surface area contributed by atoms with Crippen molar-refractivity contribution >= 4 is 17.1 Å². The Morgan fingerprint density at radius 2 is 2.33 bits per heavy atom. The van der Waals surface area contributed by atoms with Gasteiger partial charge in [0.2, 0.25) is 0 Å². The number of carbonyl (C=O) groups excluding carboxylic acids is 1. The normalized spacial score (nSPS) is 11.7. The molecule has 0 aliphatic rings. The molecule has 1 aromatic heterocycles. The first-order valence-electron chi connectivity index (χ1n) is 6.74. The van der Waals surface area contributed by atoms with E-state index in [1.165, 1.54) is 11.3 Å². The maximum Gasteiger partial charge on any atom is 0.187 e. The first kappa shape index (κ1) is 15.2. The van der Waals surface area contributed by atoms with Crippen molar-refractivity contribution in [2.24, 2.45) is 0 Å². The number of rotatable bonds is 6. The number of hydrogen-bond acceptors (Lipinski definition) is 5. The van der Waals surface area contributed by atoms with Gasteiger partial charge in [-0.3, -0.25) is 4.79 Å². The number of benzene rings is 1. The quantitative estimate of drug-likeness (QED) is 0.762. The van der Waals surface area contributed by atoms with Gasteiger partial charge in [0.15, 0.2) is 11.7 Å². The van der Waals surface area contributed by atoms with Gasteiger partial charge in [0.25, 0.3) is 0 Å². The number of Topliss-reactive ketones (excluding diaryl/α,β-unsaturated/α-hetero) is 1. The van der Waals surface area contributed by atoms with E-state index in [9.17, 15) is 10.1 Å². The highest BCUT2D eigenvalue weighted by molar-refractivity contribution is 7.10. The van der Waals surface area contributed by atoms with Crippen LogP contribution in [-0.4, -0.2) is 17.4 Å². The molecule has 1 unspecified atom stereocenters. The summed E-state index contributed by atoms with van der Waals surface area (Å²) >= 11 is 1.34. The van der Waals surface area contributed by atoms with Gasteiger partial charge in [0.1, 0.15) is 10.8 Å². The molecule has 21 heavy (non-hydrogen) atoms. The van der Waals surface area contributed by atoms with Crippen LogP contribution >= 0.6 is 11.3 Å². The summed E-state index contributed by atoms with van der Waals surface area (Å²) in [5, 5.41) is 11.7. The molecule has 0 fully saturated rings. The SMILES string of the molecule is CCCOc1cccc(C(=O)C(C#N)c2nc(C)cs2)c1. The summed E-state index contributed by atoms with van der Waals surface area (Å²) in [6, 6.07) is 9.00. The molecule has 0 amide bonds. The number of aromatic nitrogens is 1. The average molecular weight is 300 g/mol. The molecule has 0 saturated carbocycles. The van der Waals surface area contributed by atoms with Crippen molar-refractivity contribution in [3.63, 3.8) is 0 Å². The molecule has 0 N–H and O–H groups in total. The van der Waals surface area contributed by atoms with E-state index in [1.807, 2.05) is 19.2 Å². The molecule has 2 rings (SSSR count). The predicted octanol–water partition coefficient (Wildman–Crippen LogP) is 3.73. The van der Waals surface area contributed by atoms with Crippen LogP contribution in [0.1, 0.15) is 40.3 Å². The van der Waals surface area contributed by atoms with Crippen LogP contribution in [0.5, 0.6) is 5.75 Å². The summed E-state index contributed by atoms with van der Waals surface area (Å²) in [4.78, 5) is 16.7. The van der Waals surface area contributed by atoms with Gasteiger partial charge in [0.05, 0.1) is 12.7 Å². The Bertz CT molecular complexity index is 673. The number of nitrogens with zero attached hydrogens (tertiary/aromatic N) is 2. The molecule has 0 aliphatic heterocycles. The Morgan fingerprint density at radius 1 is 1.52 bits per heavy atom. The van der Waals surface area contributed by atoms with Gasteiger partial charge < -0.3 is 4.74 Å². The second kappa shape index (κ2) is 7.00. The van der Waals surface area contributed by atoms with E-state index < -0.39 is 5.92 Å².